The van der Waals surface area contributed by atoms with Gasteiger partial charge in [0.1, 0.15) is 5.44 Å². The Balaban J connectivity index is 2.58. The molecule has 1 aromatic rings. The molecule has 1 aromatic carbocycles. The van der Waals surface area contributed by atoms with E-state index in [1.165, 1.54) is 14.2 Å². The minimum atomic E-state index is -0.799. The van der Waals surface area contributed by atoms with Gasteiger partial charge in [0.2, 0.25) is 5.12 Å². The highest BCUT2D eigenvalue weighted by Crippen LogP contribution is 2.44. The summed E-state index contributed by atoms with van der Waals surface area (Å²) in [7, 11) is 3.02. The van der Waals surface area contributed by atoms with Crippen LogP contribution in [0.5, 0.6) is 11.5 Å². The van der Waals surface area contributed by atoms with Crippen LogP contribution in [0.4, 0.5) is 0 Å². The van der Waals surface area contributed by atoms with Crippen LogP contribution < -0.4 is 9.47 Å². The number of hydrogen-bond donors (Lipinski definition) is 1. The lowest BCUT2D eigenvalue weighted by Gasteiger charge is -2.09. The van der Waals surface area contributed by atoms with Crippen molar-refractivity contribution in [1.82, 2.24) is 0 Å². The average Bonchev–Trinajstić information content (AvgIpc) is 2.52. The SMILES string of the molecule is COc1cc2c(cc1OC)C(O)SC2=O. The number of methoxy groups -OCH3 is 2. The summed E-state index contributed by atoms with van der Waals surface area (Å²) < 4.78 is 10.2. The first-order valence-electron chi connectivity index (χ1n) is 4.32. The predicted molar refractivity (Wildman–Crippen MR) is 56.4 cm³/mol. The van der Waals surface area contributed by atoms with E-state index in [2.05, 4.69) is 0 Å². The van der Waals surface area contributed by atoms with Crippen LogP contribution in [0.15, 0.2) is 12.1 Å². The Morgan fingerprint density at radius 1 is 1.27 bits per heavy atom. The van der Waals surface area contributed by atoms with Gasteiger partial charge in [0.25, 0.3) is 0 Å². The number of rotatable bonds is 2. The van der Waals surface area contributed by atoms with E-state index < -0.39 is 5.44 Å². The van der Waals surface area contributed by atoms with E-state index in [-0.39, 0.29) is 5.12 Å². The van der Waals surface area contributed by atoms with Gasteiger partial charge < -0.3 is 14.6 Å². The van der Waals surface area contributed by atoms with Crippen LogP contribution in [0.2, 0.25) is 0 Å². The summed E-state index contributed by atoms with van der Waals surface area (Å²) in [6.07, 6.45) is 0. The normalized spacial score (nSPS) is 18.9. The number of fused-ring (bicyclic) bond motifs is 1. The maximum Gasteiger partial charge on any atom is 0.222 e. The Morgan fingerprint density at radius 2 is 1.87 bits per heavy atom. The largest absolute Gasteiger partial charge is 0.493 e. The lowest BCUT2D eigenvalue weighted by atomic mass is 10.1. The zero-order valence-electron chi connectivity index (χ0n) is 8.31. The molecule has 5 heteroatoms. The molecule has 80 valence electrons. The molecule has 4 nitrogen and oxygen atoms in total. The van der Waals surface area contributed by atoms with Gasteiger partial charge in [-0.05, 0) is 23.9 Å². The van der Waals surface area contributed by atoms with Crippen LogP contribution in [0, 0.1) is 0 Å². The van der Waals surface area contributed by atoms with Gasteiger partial charge in [-0.15, -0.1) is 0 Å². The summed E-state index contributed by atoms with van der Waals surface area (Å²) in [5, 5.41) is 9.44. The lowest BCUT2D eigenvalue weighted by molar-refractivity contribution is 0.109. The molecule has 1 aliphatic rings. The Morgan fingerprint density at radius 3 is 2.47 bits per heavy atom. The highest BCUT2D eigenvalue weighted by Gasteiger charge is 2.30. The van der Waals surface area contributed by atoms with Crippen molar-refractivity contribution >= 4 is 16.9 Å². The second-order valence-corrected chi connectivity index (χ2v) is 4.11. The van der Waals surface area contributed by atoms with E-state index in [0.29, 0.717) is 22.6 Å². The number of aliphatic hydroxyl groups is 1. The molecule has 0 radical (unpaired) electrons. The zero-order valence-corrected chi connectivity index (χ0v) is 9.13. The van der Waals surface area contributed by atoms with E-state index in [1.54, 1.807) is 12.1 Å². The molecular formula is C10H10O4S. The second kappa shape index (κ2) is 3.75. The highest BCUT2D eigenvalue weighted by atomic mass is 32.2. The molecule has 1 N–H and O–H groups in total. The number of hydrogen-bond acceptors (Lipinski definition) is 5. The standard InChI is InChI=1S/C10H10O4S/c1-13-7-3-5-6(4-8(7)14-2)10(12)15-9(5)11/h3-4,9,11H,1-2H3. The number of thioether (sulfide) groups is 1. The highest BCUT2D eigenvalue weighted by molar-refractivity contribution is 8.14. The molecule has 2 rings (SSSR count). The molecule has 0 aromatic heterocycles. The quantitative estimate of drug-likeness (QED) is 0.829. The molecule has 1 heterocycles. The molecule has 0 saturated heterocycles. The molecule has 0 fully saturated rings. The molecule has 15 heavy (non-hydrogen) atoms. The Kier molecular flexibility index (Phi) is 2.58. The maximum atomic E-state index is 11.5. The van der Waals surface area contributed by atoms with Crippen LogP contribution in [0.25, 0.3) is 0 Å². The van der Waals surface area contributed by atoms with Crippen molar-refractivity contribution in [3.63, 3.8) is 0 Å². The molecule has 1 atom stereocenters. The fraction of sp³-hybridized carbons (Fsp3) is 0.300. The Bertz CT molecular complexity index is 416. The second-order valence-electron chi connectivity index (χ2n) is 3.05. The van der Waals surface area contributed by atoms with Gasteiger partial charge in [-0.25, -0.2) is 0 Å². The minimum Gasteiger partial charge on any atom is -0.493 e. The van der Waals surface area contributed by atoms with Crippen LogP contribution in [-0.4, -0.2) is 24.4 Å². The van der Waals surface area contributed by atoms with Crippen molar-refractivity contribution in [1.29, 1.82) is 0 Å². The molecular weight excluding hydrogens is 216 g/mol. The first kappa shape index (κ1) is 10.3. The maximum absolute atomic E-state index is 11.5. The summed E-state index contributed by atoms with van der Waals surface area (Å²) >= 11 is 0.893. The summed E-state index contributed by atoms with van der Waals surface area (Å²) in [6, 6.07) is 3.23. The van der Waals surface area contributed by atoms with Crippen LogP contribution in [0.3, 0.4) is 0 Å². The number of ether oxygens (including phenoxy) is 2. The molecule has 1 aliphatic heterocycles. The van der Waals surface area contributed by atoms with Crippen LogP contribution in [-0.2, 0) is 0 Å². The number of benzene rings is 1. The third-order valence-corrected chi connectivity index (χ3v) is 3.17. The lowest BCUT2D eigenvalue weighted by Crippen LogP contribution is -1.96. The average molecular weight is 226 g/mol. The van der Waals surface area contributed by atoms with E-state index in [0.717, 1.165) is 11.8 Å². The van der Waals surface area contributed by atoms with Crippen molar-refractivity contribution in [2.45, 2.75) is 5.44 Å². The van der Waals surface area contributed by atoms with Gasteiger partial charge in [0.15, 0.2) is 11.5 Å². The monoisotopic (exact) mass is 226 g/mol. The van der Waals surface area contributed by atoms with Gasteiger partial charge in [0, 0.05) is 11.1 Å². The van der Waals surface area contributed by atoms with E-state index >= 15 is 0 Å². The van der Waals surface area contributed by atoms with Crippen molar-refractivity contribution in [2.75, 3.05) is 14.2 Å². The summed E-state index contributed by atoms with van der Waals surface area (Å²) in [6.45, 7) is 0. The molecule has 0 aliphatic carbocycles. The molecule has 0 saturated carbocycles. The van der Waals surface area contributed by atoms with Gasteiger partial charge in [-0.3, -0.25) is 4.79 Å². The van der Waals surface area contributed by atoms with Crippen molar-refractivity contribution in [3.05, 3.63) is 23.3 Å². The van der Waals surface area contributed by atoms with E-state index in [1.807, 2.05) is 0 Å². The Hall–Kier alpha value is -1.20. The Labute approximate surface area is 91.2 Å². The van der Waals surface area contributed by atoms with Crippen molar-refractivity contribution < 1.29 is 19.4 Å². The van der Waals surface area contributed by atoms with Gasteiger partial charge in [0.05, 0.1) is 14.2 Å². The van der Waals surface area contributed by atoms with E-state index in [4.69, 9.17) is 9.47 Å². The molecule has 0 spiro atoms. The predicted octanol–water partition coefficient (Wildman–Crippen LogP) is 1.58. The summed E-state index contributed by atoms with van der Waals surface area (Å²) in [5.41, 5.74) is 0.278. The van der Waals surface area contributed by atoms with Crippen LogP contribution >= 0.6 is 11.8 Å². The summed E-state index contributed by atoms with van der Waals surface area (Å²) in [4.78, 5) is 11.5. The first-order chi connectivity index (χ1) is 7.17. The number of carbonyl (C=O) groups excluding carboxylic acids is 1. The minimum absolute atomic E-state index is 0.140. The number of aliphatic hydroxyl groups excluding tert-OH is 1. The topological polar surface area (TPSA) is 55.8 Å². The summed E-state index contributed by atoms with van der Waals surface area (Å²) in [5.74, 6) is 1.02. The fourth-order valence-electron chi connectivity index (χ4n) is 1.50. The third kappa shape index (κ3) is 1.57. The fourth-order valence-corrected chi connectivity index (χ4v) is 2.33. The van der Waals surface area contributed by atoms with Crippen molar-refractivity contribution in [3.8, 4) is 11.5 Å². The van der Waals surface area contributed by atoms with Gasteiger partial charge in [-0.1, -0.05) is 0 Å². The third-order valence-electron chi connectivity index (χ3n) is 2.26. The van der Waals surface area contributed by atoms with E-state index in [9.17, 15) is 9.90 Å². The zero-order chi connectivity index (χ0) is 11.0. The smallest absolute Gasteiger partial charge is 0.222 e. The molecule has 1 unspecified atom stereocenters. The first-order valence-corrected chi connectivity index (χ1v) is 5.20. The molecule has 0 bridgehead atoms. The molecule has 0 amide bonds. The van der Waals surface area contributed by atoms with Crippen molar-refractivity contribution in [2.24, 2.45) is 0 Å². The van der Waals surface area contributed by atoms with Crippen LogP contribution in [0.1, 0.15) is 21.4 Å². The number of carbonyl (C=O) groups is 1. The van der Waals surface area contributed by atoms with Gasteiger partial charge in [-0.2, -0.15) is 0 Å². The van der Waals surface area contributed by atoms with Gasteiger partial charge >= 0.3 is 0 Å².